The molecule has 3 nitrogen and oxygen atoms in total. The lowest BCUT2D eigenvalue weighted by molar-refractivity contribution is -0.168. The van der Waals surface area contributed by atoms with Gasteiger partial charge in [0.15, 0.2) is 0 Å². The number of nitrogens with two attached hydrogens (primary N) is 1. The molecule has 18 heavy (non-hydrogen) atoms. The van der Waals surface area contributed by atoms with Gasteiger partial charge in [0, 0.05) is 13.1 Å². The van der Waals surface area contributed by atoms with Gasteiger partial charge in [-0.1, -0.05) is 0 Å². The highest BCUT2D eigenvalue weighted by atomic mass is 79.9. The first-order valence-electron chi connectivity index (χ1n) is 5.53. The average Bonchev–Trinajstić information content (AvgIpc) is 2.75. The summed E-state index contributed by atoms with van der Waals surface area (Å²) in [5, 5.41) is 0. The standard InChI is InChI=1S/C11H13BrF3N3/c1-6-8(16)4-17-10(9(6)12)18-3-2-7(5-18)11(13,14)15/h4,7H,2-3,5,16H2,1H3. The molecule has 2 rings (SSSR count). The maximum absolute atomic E-state index is 12.6. The van der Waals surface area contributed by atoms with Crippen LogP contribution in [0, 0.1) is 12.8 Å². The maximum atomic E-state index is 12.6. The molecule has 2 heterocycles. The predicted molar refractivity (Wildman–Crippen MR) is 67.5 cm³/mol. The maximum Gasteiger partial charge on any atom is 0.393 e. The van der Waals surface area contributed by atoms with E-state index < -0.39 is 12.1 Å². The molecule has 0 radical (unpaired) electrons. The van der Waals surface area contributed by atoms with Crippen LogP contribution < -0.4 is 10.6 Å². The minimum absolute atomic E-state index is 0.0432. The van der Waals surface area contributed by atoms with E-state index >= 15 is 0 Å². The number of nitrogens with zero attached hydrogens (tertiary/aromatic N) is 2. The van der Waals surface area contributed by atoms with Gasteiger partial charge in [0.2, 0.25) is 0 Å². The van der Waals surface area contributed by atoms with Crippen LogP contribution in [-0.2, 0) is 0 Å². The van der Waals surface area contributed by atoms with Gasteiger partial charge in [-0.25, -0.2) is 4.98 Å². The summed E-state index contributed by atoms with van der Waals surface area (Å²) in [6.45, 7) is 2.12. The van der Waals surface area contributed by atoms with E-state index in [-0.39, 0.29) is 13.0 Å². The third-order valence-electron chi connectivity index (χ3n) is 3.24. The van der Waals surface area contributed by atoms with Gasteiger partial charge in [0.05, 0.1) is 22.3 Å². The highest BCUT2D eigenvalue weighted by Crippen LogP contribution is 2.38. The molecule has 1 unspecified atom stereocenters. The second-order valence-electron chi connectivity index (χ2n) is 4.45. The SMILES string of the molecule is Cc1c(N)cnc(N2CCC(C(F)(F)F)C2)c1Br. The second kappa shape index (κ2) is 4.60. The Labute approximate surface area is 111 Å². The van der Waals surface area contributed by atoms with E-state index in [1.807, 2.05) is 6.92 Å². The summed E-state index contributed by atoms with van der Waals surface area (Å²) in [5.41, 5.74) is 7.02. The van der Waals surface area contributed by atoms with E-state index in [1.165, 1.54) is 6.20 Å². The Hall–Kier alpha value is -0.980. The van der Waals surface area contributed by atoms with Gasteiger partial charge in [0.1, 0.15) is 5.82 Å². The van der Waals surface area contributed by atoms with Crippen molar-refractivity contribution in [1.82, 2.24) is 4.98 Å². The molecule has 1 aliphatic rings. The smallest absolute Gasteiger partial charge is 0.393 e. The summed E-state index contributed by atoms with van der Waals surface area (Å²) in [6.07, 6.45) is -2.54. The van der Waals surface area contributed by atoms with Crippen molar-refractivity contribution in [3.8, 4) is 0 Å². The molecule has 0 bridgehead atoms. The summed E-state index contributed by atoms with van der Waals surface area (Å²) < 4.78 is 38.5. The van der Waals surface area contributed by atoms with Crippen LogP contribution in [0.1, 0.15) is 12.0 Å². The Morgan fingerprint density at radius 1 is 1.50 bits per heavy atom. The number of aromatic nitrogens is 1. The molecule has 7 heteroatoms. The van der Waals surface area contributed by atoms with Crippen LogP contribution in [0.2, 0.25) is 0 Å². The zero-order valence-corrected chi connectivity index (χ0v) is 11.3. The molecule has 0 spiro atoms. The molecule has 2 N–H and O–H groups in total. The number of halogens is 4. The lowest BCUT2D eigenvalue weighted by Gasteiger charge is -2.21. The fraction of sp³-hybridized carbons (Fsp3) is 0.545. The molecule has 1 saturated heterocycles. The van der Waals surface area contributed by atoms with Crippen LogP contribution in [0.5, 0.6) is 0 Å². The Morgan fingerprint density at radius 3 is 2.72 bits per heavy atom. The van der Waals surface area contributed by atoms with Crippen molar-refractivity contribution in [2.45, 2.75) is 19.5 Å². The highest BCUT2D eigenvalue weighted by molar-refractivity contribution is 9.10. The topological polar surface area (TPSA) is 42.1 Å². The first-order chi connectivity index (χ1) is 8.30. The summed E-state index contributed by atoms with van der Waals surface area (Å²) in [6, 6.07) is 0. The normalized spacial score (nSPS) is 20.5. The molecule has 0 aromatic carbocycles. The number of anilines is 2. The lowest BCUT2D eigenvalue weighted by atomic mass is 10.1. The Balaban J connectivity index is 2.23. The summed E-state index contributed by atoms with van der Waals surface area (Å²) in [4.78, 5) is 5.77. The van der Waals surface area contributed by atoms with Crippen LogP contribution in [0.25, 0.3) is 0 Å². The zero-order valence-electron chi connectivity index (χ0n) is 9.76. The van der Waals surface area contributed by atoms with Gasteiger partial charge >= 0.3 is 6.18 Å². The van der Waals surface area contributed by atoms with Crippen LogP contribution in [0.4, 0.5) is 24.7 Å². The minimum atomic E-state index is -4.13. The fourth-order valence-electron chi connectivity index (χ4n) is 2.02. The van der Waals surface area contributed by atoms with Crippen molar-refractivity contribution in [2.24, 2.45) is 5.92 Å². The van der Waals surface area contributed by atoms with Crippen molar-refractivity contribution >= 4 is 27.4 Å². The Kier molecular flexibility index (Phi) is 3.44. The van der Waals surface area contributed by atoms with E-state index in [2.05, 4.69) is 20.9 Å². The molecule has 0 saturated carbocycles. The first-order valence-corrected chi connectivity index (χ1v) is 6.32. The number of pyridine rings is 1. The van der Waals surface area contributed by atoms with Gasteiger partial charge in [-0.2, -0.15) is 13.2 Å². The lowest BCUT2D eigenvalue weighted by Crippen LogP contribution is -2.28. The molecular formula is C11H13BrF3N3. The van der Waals surface area contributed by atoms with E-state index in [0.717, 1.165) is 5.56 Å². The van der Waals surface area contributed by atoms with Crippen LogP contribution in [-0.4, -0.2) is 24.2 Å². The van der Waals surface area contributed by atoms with E-state index in [1.54, 1.807) is 4.90 Å². The molecule has 100 valence electrons. The third kappa shape index (κ3) is 2.41. The summed E-state index contributed by atoms with van der Waals surface area (Å²) in [5.74, 6) is -0.738. The van der Waals surface area contributed by atoms with E-state index in [0.29, 0.717) is 22.5 Å². The van der Waals surface area contributed by atoms with Crippen LogP contribution >= 0.6 is 15.9 Å². The molecule has 1 fully saturated rings. The average molecular weight is 324 g/mol. The zero-order chi connectivity index (χ0) is 13.5. The Morgan fingerprint density at radius 2 is 2.17 bits per heavy atom. The summed E-state index contributed by atoms with van der Waals surface area (Å²) >= 11 is 3.35. The van der Waals surface area contributed by atoms with E-state index in [4.69, 9.17) is 5.73 Å². The molecule has 1 aliphatic heterocycles. The summed E-state index contributed by atoms with van der Waals surface area (Å²) in [7, 11) is 0. The van der Waals surface area contributed by atoms with Crippen LogP contribution in [0.15, 0.2) is 10.7 Å². The Bertz CT molecular complexity index is 462. The van der Waals surface area contributed by atoms with Crippen molar-refractivity contribution in [3.05, 3.63) is 16.2 Å². The van der Waals surface area contributed by atoms with Gasteiger partial charge in [0.25, 0.3) is 0 Å². The number of alkyl halides is 3. The first kappa shape index (κ1) is 13.5. The molecule has 1 aromatic rings. The molecule has 1 atom stereocenters. The number of hydrogen-bond acceptors (Lipinski definition) is 3. The second-order valence-corrected chi connectivity index (χ2v) is 5.24. The van der Waals surface area contributed by atoms with Crippen molar-refractivity contribution in [1.29, 1.82) is 0 Å². The van der Waals surface area contributed by atoms with E-state index in [9.17, 15) is 13.2 Å². The quantitative estimate of drug-likeness (QED) is 0.863. The van der Waals surface area contributed by atoms with Gasteiger partial charge in [-0.15, -0.1) is 0 Å². The fourth-order valence-corrected chi connectivity index (χ4v) is 2.60. The molecule has 0 aliphatic carbocycles. The third-order valence-corrected chi connectivity index (χ3v) is 4.18. The molecular weight excluding hydrogens is 311 g/mol. The predicted octanol–water partition coefficient (Wildman–Crippen LogP) is 3.12. The molecule has 0 amide bonds. The van der Waals surface area contributed by atoms with Gasteiger partial charge < -0.3 is 10.6 Å². The van der Waals surface area contributed by atoms with Crippen molar-refractivity contribution in [3.63, 3.8) is 0 Å². The number of rotatable bonds is 1. The number of hydrogen-bond donors (Lipinski definition) is 1. The van der Waals surface area contributed by atoms with Crippen LogP contribution in [0.3, 0.4) is 0 Å². The minimum Gasteiger partial charge on any atom is -0.397 e. The largest absolute Gasteiger partial charge is 0.397 e. The van der Waals surface area contributed by atoms with Gasteiger partial charge in [-0.3, -0.25) is 0 Å². The highest BCUT2D eigenvalue weighted by Gasteiger charge is 2.44. The monoisotopic (exact) mass is 323 g/mol. The van der Waals surface area contributed by atoms with Crippen molar-refractivity contribution in [2.75, 3.05) is 23.7 Å². The number of nitrogen functional groups attached to an aromatic ring is 1. The van der Waals surface area contributed by atoms with Gasteiger partial charge in [-0.05, 0) is 34.8 Å². The van der Waals surface area contributed by atoms with Crippen molar-refractivity contribution < 1.29 is 13.2 Å². The molecule has 1 aromatic heterocycles.